The Bertz CT molecular complexity index is 2370. The van der Waals surface area contributed by atoms with Crippen molar-refractivity contribution in [2.24, 2.45) is 11.3 Å². The maximum absolute atomic E-state index is 14.6. The van der Waals surface area contributed by atoms with Crippen LogP contribution in [0.2, 0.25) is 0 Å². The zero-order valence-corrected chi connectivity index (χ0v) is 39.5. The number of amides is 4. The number of esters is 1. The zero-order chi connectivity index (χ0) is 45.4. The number of likely N-dealkylation sites (tertiary alicyclic amines) is 2. The highest BCUT2D eigenvalue weighted by Crippen LogP contribution is 2.42. The molecule has 8 rings (SSSR count). The van der Waals surface area contributed by atoms with Gasteiger partial charge < -0.3 is 29.2 Å². The van der Waals surface area contributed by atoms with Crippen molar-refractivity contribution in [3.63, 3.8) is 0 Å². The number of carbonyl (C=O) groups is 4. The van der Waals surface area contributed by atoms with E-state index in [2.05, 4.69) is 65.2 Å². The number of fused-ring (bicyclic) bond motifs is 6. The number of hydrazine groups is 1. The van der Waals surface area contributed by atoms with E-state index >= 15 is 0 Å². The van der Waals surface area contributed by atoms with Crippen LogP contribution in [-0.4, -0.2) is 136 Å². The number of ether oxygens (including phenoxy) is 2. The van der Waals surface area contributed by atoms with Crippen LogP contribution < -0.4 is 10.7 Å². The summed E-state index contributed by atoms with van der Waals surface area (Å²) in [5.74, 6) is -1.47. The minimum absolute atomic E-state index is 0.119. The average Bonchev–Trinajstić information content (AvgIpc) is 4.04. The smallest absolute Gasteiger partial charge is 0.324 e. The number of hydrogen-bond acceptors (Lipinski definition) is 11. The lowest BCUT2D eigenvalue weighted by Crippen LogP contribution is -2.65. The van der Waals surface area contributed by atoms with E-state index in [1.807, 2.05) is 32.2 Å². The number of urea groups is 1. The largest absolute Gasteiger partial charge is 0.464 e. The molecule has 3 fully saturated rings. The maximum atomic E-state index is 14.6. The number of aromatic nitrogens is 3. The molecule has 4 atom stereocenters. The highest BCUT2D eigenvalue weighted by Gasteiger charge is 2.42. The van der Waals surface area contributed by atoms with E-state index in [0.717, 1.165) is 57.8 Å². The number of benzene rings is 1. The number of aryl methyl sites for hydroxylation is 1. The predicted molar refractivity (Wildman–Crippen MR) is 247 cm³/mol. The van der Waals surface area contributed by atoms with Crippen molar-refractivity contribution in [3.8, 4) is 22.5 Å². The van der Waals surface area contributed by atoms with Crippen LogP contribution in [-0.2, 0) is 43.2 Å². The van der Waals surface area contributed by atoms with Gasteiger partial charge in [-0.25, -0.2) is 15.2 Å². The Morgan fingerprint density at radius 1 is 1.09 bits per heavy atom. The lowest BCUT2D eigenvalue weighted by atomic mass is 9.84. The number of cyclic esters (lactones) is 1. The fourth-order valence-electron chi connectivity index (χ4n) is 10.0. The molecular formula is C48H65N9O6S. The number of hydrogen-bond donors (Lipinski definition) is 2. The molecule has 0 unspecified atom stereocenters. The third-order valence-electron chi connectivity index (χ3n) is 13.6. The van der Waals surface area contributed by atoms with Gasteiger partial charge >= 0.3 is 12.0 Å². The molecule has 4 aliphatic heterocycles. The average molecular weight is 896 g/mol. The van der Waals surface area contributed by atoms with Gasteiger partial charge in [-0.2, -0.15) is 0 Å². The Kier molecular flexibility index (Phi) is 13.5. The number of pyridine rings is 1. The Labute approximate surface area is 380 Å². The number of carbonyl (C=O) groups excluding carboxylic acids is 4. The number of nitrogens with zero attached hydrogens (tertiary/aromatic N) is 7. The van der Waals surface area contributed by atoms with Crippen molar-refractivity contribution in [3.05, 3.63) is 58.2 Å². The highest BCUT2D eigenvalue weighted by molar-refractivity contribution is 7.10. The van der Waals surface area contributed by atoms with Gasteiger partial charge in [0.05, 0.1) is 34.8 Å². The van der Waals surface area contributed by atoms with Gasteiger partial charge in [-0.1, -0.05) is 33.8 Å². The van der Waals surface area contributed by atoms with Crippen LogP contribution in [0.1, 0.15) is 89.6 Å². The first-order chi connectivity index (χ1) is 30.7. The molecule has 16 heteroatoms. The fraction of sp³-hybridized carbons (Fsp3) is 0.583. The van der Waals surface area contributed by atoms with E-state index in [1.54, 1.807) is 25.3 Å². The molecule has 2 N–H and O–H groups in total. The molecule has 4 aliphatic rings. The number of likely N-dealkylation sites (N-methyl/N-ethyl adjacent to an activating group) is 1. The molecule has 64 heavy (non-hydrogen) atoms. The summed E-state index contributed by atoms with van der Waals surface area (Å²) in [6, 6.07) is 8.03. The minimum atomic E-state index is -1.03. The standard InChI is InChI=1S/C48H65N9O6S/c1-9-56-39-17-16-31-22-34(39)35(43(56)33-14-12-18-49-41(33)30(4)62-8)24-48(5,6)28-63-46(60)36-15-13-21-57(52-36)45(59)37(23-40-50-38(31)27-64-40)51-44(58)42(29(2)3)53(7)47(61)55-25-32(26-55)54-19-10-11-20-54/h12,14,16-18,22,27,29-30,32,36-37,42,52H,9-11,13,15,19-21,23-26,28H2,1-8H3,(H,51,58)/t30-,36-,37-,42-/m0/s1. The van der Waals surface area contributed by atoms with E-state index in [1.165, 1.54) is 34.1 Å². The van der Waals surface area contributed by atoms with Crippen LogP contribution >= 0.6 is 11.3 Å². The Morgan fingerprint density at radius 2 is 1.86 bits per heavy atom. The number of methoxy groups -OCH3 is 1. The molecule has 6 bridgehead atoms. The molecule has 15 nitrogen and oxygen atoms in total. The Hall–Kier alpha value is -4.90. The zero-order valence-electron chi connectivity index (χ0n) is 38.7. The van der Waals surface area contributed by atoms with Gasteiger partial charge in [-0.05, 0) is 94.8 Å². The molecule has 4 aromatic rings. The summed E-state index contributed by atoms with van der Waals surface area (Å²) in [6.45, 7) is 16.8. The SMILES string of the molecule is CCn1c(-c2cccnc2[C@H](C)OC)c2c3cc(ccc31)-c1csc(n1)C[C@H](NC(=O)[C@H](C(C)C)N(C)C(=O)N1CC(N3CCCC3)C1)C(=O)N1CCC[C@H](N1)C(=O)OCC(C)(C)C2. The summed E-state index contributed by atoms with van der Waals surface area (Å²) in [6.07, 6.45) is 5.70. The lowest BCUT2D eigenvalue weighted by molar-refractivity contribution is -0.155. The van der Waals surface area contributed by atoms with E-state index in [-0.39, 0.29) is 37.0 Å². The fourth-order valence-corrected chi connectivity index (χ4v) is 10.9. The van der Waals surface area contributed by atoms with Gasteiger partial charge in [0, 0.05) is 91.8 Å². The molecule has 0 aliphatic carbocycles. The van der Waals surface area contributed by atoms with Gasteiger partial charge in [-0.15, -0.1) is 11.3 Å². The summed E-state index contributed by atoms with van der Waals surface area (Å²) < 4.78 is 14.3. The summed E-state index contributed by atoms with van der Waals surface area (Å²) in [5, 5.41) is 8.26. The molecule has 344 valence electrons. The topological polar surface area (TPSA) is 154 Å². The molecule has 3 aromatic heterocycles. The van der Waals surface area contributed by atoms with Crippen LogP contribution in [0.5, 0.6) is 0 Å². The summed E-state index contributed by atoms with van der Waals surface area (Å²) in [4.78, 5) is 72.4. The quantitative estimate of drug-likeness (QED) is 0.190. The monoisotopic (exact) mass is 895 g/mol. The van der Waals surface area contributed by atoms with Crippen molar-refractivity contribution < 1.29 is 28.7 Å². The minimum Gasteiger partial charge on any atom is -0.464 e. The molecule has 0 saturated carbocycles. The predicted octanol–water partition coefficient (Wildman–Crippen LogP) is 6.06. The third kappa shape index (κ3) is 9.16. The molecule has 0 radical (unpaired) electrons. The van der Waals surface area contributed by atoms with Gasteiger partial charge in [0.2, 0.25) is 5.91 Å². The van der Waals surface area contributed by atoms with E-state index in [9.17, 15) is 19.2 Å². The molecular weight excluding hydrogens is 831 g/mol. The molecule has 4 amide bonds. The second-order valence-electron chi connectivity index (χ2n) is 19.2. The number of rotatable bonds is 9. The molecule has 1 aromatic carbocycles. The van der Waals surface area contributed by atoms with Crippen molar-refractivity contribution in [2.75, 3.05) is 53.5 Å². The van der Waals surface area contributed by atoms with Crippen molar-refractivity contribution >= 4 is 46.1 Å². The summed E-state index contributed by atoms with van der Waals surface area (Å²) >= 11 is 1.44. The van der Waals surface area contributed by atoms with Crippen LogP contribution in [0, 0.1) is 11.3 Å². The van der Waals surface area contributed by atoms with Crippen LogP contribution in [0.15, 0.2) is 41.9 Å². The first-order valence-electron chi connectivity index (χ1n) is 23.1. The van der Waals surface area contributed by atoms with E-state index in [0.29, 0.717) is 56.5 Å². The highest BCUT2D eigenvalue weighted by atomic mass is 32.1. The number of thiazole rings is 1. The van der Waals surface area contributed by atoms with Gasteiger partial charge in [0.25, 0.3) is 5.91 Å². The summed E-state index contributed by atoms with van der Waals surface area (Å²) in [7, 11) is 3.37. The van der Waals surface area contributed by atoms with Gasteiger partial charge in [-0.3, -0.25) is 29.3 Å². The third-order valence-corrected chi connectivity index (χ3v) is 14.4. The number of nitrogens with one attached hydrogen (secondary N) is 2. The van der Waals surface area contributed by atoms with E-state index in [4.69, 9.17) is 19.4 Å². The Balaban J connectivity index is 1.14. The van der Waals surface area contributed by atoms with Crippen molar-refractivity contribution in [1.29, 1.82) is 0 Å². The first-order valence-corrected chi connectivity index (χ1v) is 23.9. The Morgan fingerprint density at radius 3 is 2.58 bits per heavy atom. The summed E-state index contributed by atoms with van der Waals surface area (Å²) in [5.41, 5.74) is 9.44. The van der Waals surface area contributed by atoms with Crippen LogP contribution in [0.3, 0.4) is 0 Å². The van der Waals surface area contributed by atoms with Crippen LogP contribution in [0.25, 0.3) is 33.4 Å². The van der Waals surface area contributed by atoms with Gasteiger partial charge in [0.1, 0.15) is 18.1 Å². The van der Waals surface area contributed by atoms with Crippen LogP contribution in [0.4, 0.5) is 4.79 Å². The molecule has 0 spiro atoms. The molecule has 7 heterocycles. The first kappa shape index (κ1) is 45.7. The van der Waals surface area contributed by atoms with E-state index < -0.39 is 35.4 Å². The normalized spacial score (nSPS) is 22.0. The maximum Gasteiger partial charge on any atom is 0.324 e. The second kappa shape index (κ2) is 18.9. The second-order valence-corrected chi connectivity index (χ2v) is 20.1. The molecule has 3 saturated heterocycles. The van der Waals surface area contributed by atoms with Gasteiger partial charge in [0.15, 0.2) is 0 Å². The van der Waals surface area contributed by atoms with Crippen molar-refractivity contribution in [1.82, 2.24) is 45.0 Å². The van der Waals surface area contributed by atoms with Crippen molar-refractivity contribution in [2.45, 2.75) is 117 Å². The lowest BCUT2D eigenvalue weighted by Gasteiger charge is -2.46.